The maximum Gasteiger partial charge on any atom is 0.0254 e. The molecule has 1 aliphatic heterocycles. The fourth-order valence-electron chi connectivity index (χ4n) is 0.516. The third-order valence-corrected chi connectivity index (χ3v) is 1.18. The van der Waals surface area contributed by atoms with E-state index >= 15 is 0 Å². The summed E-state index contributed by atoms with van der Waals surface area (Å²) >= 11 is 4.01. The third kappa shape index (κ3) is 0.864. The summed E-state index contributed by atoms with van der Waals surface area (Å²) in [4.78, 5) is 0. The topological polar surface area (TPSA) is 15.3 Å². The number of nitrogens with one attached hydrogen (secondary N) is 1. The van der Waals surface area contributed by atoms with Crippen molar-refractivity contribution in [3.05, 3.63) is 0 Å². The minimum Gasteiger partial charge on any atom is -0.246 e. The number of thiol groups is 1. The molecular formula is C3H8N2S. The van der Waals surface area contributed by atoms with Crippen LogP contribution in [0.5, 0.6) is 0 Å². The Bertz CT molecular complexity index is 42.1. The van der Waals surface area contributed by atoms with E-state index in [1.165, 1.54) is 6.42 Å². The van der Waals surface area contributed by atoms with Crippen LogP contribution in [-0.2, 0) is 0 Å². The van der Waals surface area contributed by atoms with Crippen molar-refractivity contribution in [2.75, 3.05) is 13.1 Å². The van der Waals surface area contributed by atoms with Crippen LogP contribution in [-0.4, -0.2) is 17.5 Å². The Hall–Kier alpha value is 0.270. The van der Waals surface area contributed by atoms with E-state index in [-0.39, 0.29) is 0 Å². The highest BCUT2D eigenvalue weighted by molar-refractivity contribution is 7.77. The lowest BCUT2D eigenvalue weighted by Crippen LogP contribution is -2.19. The van der Waals surface area contributed by atoms with E-state index in [2.05, 4.69) is 18.2 Å². The average molecular weight is 104 g/mol. The van der Waals surface area contributed by atoms with E-state index in [1.807, 2.05) is 0 Å². The first-order valence-corrected chi connectivity index (χ1v) is 2.49. The van der Waals surface area contributed by atoms with Crippen molar-refractivity contribution in [1.82, 2.24) is 9.84 Å². The fourth-order valence-corrected chi connectivity index (χ4v) is 0.757. The lowest BCUT2D eigenvalue weighted by molar-refractivity contribution is 0.466. The second kappa shape index (κ2) is 1.82. The molecular weight excluding hydrogens is 96.1 g/mol. The van der Waals surface area contributed by atoms with E-state index in [0.29, 0.717) is 0 Å². The van der Waals surface area contributed by atoms with Gasteiger partial charge < -0.3 is 0 Å². The van der Waals surface area contributed by atoms with Gasteiger partial charge in [0.1, 0.15) is 0 Å². The normalized spacial score (nSPS) is 25.5. The maximum absolute atomic E-state index is 4.01. The molecule has 1 fully saturated rings. The lowest BCUT2D eigenvalue weighted by Gasteiger charge is -2.00. The van der Waals surface area contributed by atoms with Gasteiger partial charge in [-0.05, 0) is 6.42 Å². The molecule has 2 nitrogen and oxygen atoms in total. The second-order valence-electron chi connectivity index (χ2n) is 1.38. The molecule has 0 aromatic rings. The summed E-state index contributed by atoms with van der Waals surface area (Å²) < 4.78 is 1.81. The average Bonchev–Trinajstić information content (AvgIpc) is 1.86. The molecule has 0 saturated carbocycles. The van der Waals surface area contributed by atoms with Crippen molar-refractivity contribution in [2.24, 2.45) is 0 Å². The first-order valence-electron chi connectivity index (χ1n) is 2.09. The van der Waals surface area contributed by atoms with Crippen LogP contribution < -0.4 is 5.43 Å². The van der Waals surface area contributed by atoms with Gasteiger partial charge in [-0.1, -0.05) is 12.8 Å². The van der Waals surface area contributed by atoms with E-state index in [4.69, 9.17) is 0 Å². The Kier molecular flexibility index (Phi) is 1.34. The molecule has 0 aliphatic carbocycles. The van der Waals surface area contributed by atoms with Crippen LogP contribution >= 0.6 is 12.8 Å². The van der Waals surface area contributed by atoms with Gasteiger partial charge in [-0.15, -0.1) is 0 Å². The Balaban J connectivity index is 2.18. The zero-order valence-electron chi connectivity index (χ0n) is 3.52. The van der Waals surface area contributed by atoms with Gasteiger partial charge in [-0.3, -0.25) is 0 Å². The van der Waals surface area contributed by atoms with Gasteiger partial charge >= 0.3 is 0 Å². The Morgan fingerprint density at radius 3 is 2.67 bits per heavy atom. The van der Waals surface area contributed by atoms with Gasteiger partial charge in [0.2, 0.25) is 0 Å². The minimum absolute atomic E-state index is 1.07. The van der Waals surface area contributed by atoms with Gasteiger partial charge in [0.15, 0.2) is 0 Å². The second-order valence-corrected chi connectivity index (χ2v) is 1.87. The number of hydrogen-bond acceptors (Lipinski definition) is 3. The summed E-state index contributed by atoms with van der Waals surface area (Å²) in [7, 11) is 0. The van der Waals surface area contributed by atoms with Crippen LogP contribution in [0.3, 0.4) is 0 Å². The van der Waals surface area contributed by atoms with Gasteiger partial charge in [0.05, 0.1) is 0 Å². The summed E-state index contributed by atoms with van der Waals surface area (Å²) in [6.45, 7) is 2.16. The highest BCUT2D eigenvalue weighted by atomic mass is 32.1. The highest BCUT2D eigenvalue weighted by Gasteiger charge is 2.03. The molecule has 0 spiro atoms. The Morgan fingerprint density at radius 1 is 1.67 bits per heavy atom. The molecule has 0 bridgehead atoms. The summed E-state index contributed by atoms with van der Waals surface area (Å²) in [6.07, 6.45) is 1.23. The number of hydrogen-bond donors (Lipinski definition) is 2. The van der Waals surface area contributed by atoms with Gasteiger partial charge in [-0.25, -0.2) is 5.43 Å². The highest BCUT2D eigenvalue weighted by Crippen LogP contribution is 1.95. The SMILES string of the molecule is SN1CCCN1. The van der Waals surface area contributed by atoms with Crippen molar-refractivity contribution in [2.45, 2.75) is 6.42 Å². The maximum atomic E-state index is 4.01. The summed E-state index contributed by atoms with van der Waals surface area (Å²) in [6, 6.07) is 0. The van der Waals surface area contributed by atoms with E-state index < -0.39 is 0 Å². The molecule has 1 heterocycles. The van der Waals surface area contributed by atoms with E-state index in [1.54, 1.807) is 4.41 Å². The van der Waals surface area contributed by atoms with Crippen LogP contribution in [0, 0.1) is 0 Å². The van der Waals surface area contributed by atoms with Crippen LogP contribution in [0.1, 0.15) is 6.42 Å². The van der Waals surface area contributed by atoms with Crippen molar-refractivity contribution in [3.8, 4) is 0 Å². The van der Waals surface area contributed by atoms with Crippen molar-refractivity contribution in [3.63, 3.8) is 0 Å². The number of rotatable bonds is 0. The van der Waals surface area contributed by atoms with Crippen molar-refractivity contribution >= 4 is 12.8 Å². The summed E-state index contributed by atoms with van der Waals surface area (Å²) in [5.74, 6) is 0. The van der Waals surface area contributed by atoms with Gasteiger partial charge in [0, 0.05) is 13.1 Å². The first kappa shape index (κ1) is 4.43. The first-order chi connectivity index (χ1) is 2.89. The standard InChI is InChI=1S/C3H8N2S/c6-5-3-1-2-4-5/h4,6H,1-3H2. The summed E-state index contributed by atoms with van der Waals surface area (Å²) in [5, 5.41) is 0. The van der Waals surface area contributed by atoms with Gasteiger partial charge in [-0.2, -0.15) is 4.41 Å². The number of nitrogens with zero attached hydrogens (tertiary/aromatic N) is 1. The molecule has 36 valence electrons. The molecule has 0 atom stereocenters. The molecule has 1 rings (SSSR count). The fraction of sp³-hybridized carbons (Fsp3) is 1.00. The predicted octanol–water partition coefficient (Wildman–Crippen LogP) is 0.0415. The molecule has 3 heteroatoms. The monoisotopic (exact) mass is 104 g/mol. The van der Waals surface area contributed by atoms with Crippen LogP contribution in [0.15, 0.2) is 0 Å². The van der Waals surface area contributed by atoms with E-state index in [9.17, 15) is 0 Å². The number of hydrazine groups is 1. The Morgan fingerprint density at radius 2 is 2.50 bits per heavy atom. The molecule has 1 N–H and O–H groups in total. The molecule has 0 radical (unpaired) electrons. The zero-order valence-corrected chi connectivity index (χ0v) is 4.41. The largest absolute Gasteiger partial charge is 0.246 e. The van der Waals surface area contributed by atoms with Crippen molar-refractivity contribution in [1.29, 1.82) is 0 Å². The van der Waals surface area contributed by atoms with Crippen LogP contribution in [0.25, 0.3) is 0 Å². The quantitative estimate of drug-likeness (QED) is 0.422. The molecule has 0 aromatic heterocycles. The minimum atomic E-state index is 1.07. The van der Waals surface area contributed by atoms with Crippen LogP contribution in [0.2, 0.25) is 0 Å². The third-order valence-electron chi connectivity index (χ3n) is 0.841. The zero-order chi connectivity index (χ0) is 4.41. The lowest BCUT2D eigenvalue weighted by atomic mass is 10.5. The van der Waals surface area contributed by atoms with Crippen LogP contribution in [0.4, 0.5) is 0 Å². The molecule has 0 amide bonds. The van der Waals surface area contributed by atoms with Crippen molar-refractivity contribution < 1.29 is 0 Å². The predicted molar refractivity (Wildman–Crippen MR) is 28.3 cm³/mol. The molecule has 1 saturated heterocycles. The Labute approximate surface area is 43.0 Å². The molecule has 0 unspecified atom stereocenters. The molecule has 0 aromatic carbocycles. The summed E-state index contributed by atoms with van der Waals surface area (Å²) in [5.41, 5.74) is 3.02. The molecule has 6 heavy (non-hydrogen) atoms. The smallest absolute Gasteiger partial charge is 0.0254 e. The molecule has 1 aliphatic rings. The van der Waals surface area contributed by atoms with Gasteiger partial charge in [0.25, 0.3) is 0 Å². The van der Waals surface area contributed by atoms with E-state index in [0.717, 1.165) is 13.1 Å².